The molecule has 11 heteroatoms. The molecule has 0 aliphatic carbocycles. The molecule has 0 spiro atoms. The summed E-state index contributed by atoms with van der Waals surface area (Å²) in [6.07, 6.45) is 0.152. The SMILES string of the molecule is CON(C)S(=O)(=O)c1cc(C(=O)N2CCN(C(=O)Cc3ccc(F)cc3)CC2)ccc1Cl. The Kier molecular flexibility index (Phi) is 7.50. The fourth-order valence-electron chi connectivity index (χ4n) is 3.30. The molecule has 0 unspecified atom stereocenters. The third-order valence-electron chi connectivity index (χ3n) is 5.24. The number of rotatable bonds is 6. The van der Waals surface area contributed by atoms with Crippen LogP contribution in [0.2, 0.25) is 5.02 Å². The van der Waals surface area contributed by atoms with Gasteiger partial charge in [-0.3, -0.25) is 14.4 Å². The molecule has 0 N–H and O–H groups in total. The van der Waals surface area contributed by atoms with E-state index in [9.17, 15) is 22.4 Å². The Labute approximate surface area is 191 Å². The van der Waals surface area contributed by atoms with Crippen molar-refractivity contribution in [1.82, 2.24) is 14.3 Å². The molecule has 0 saturated carbocycles. The summed E-state index contributed by atoms with van der Waals surface area (Å²) in [4.78, 5) is 33.2. The first-order valence-electron chi connectivity index (χ1n) is 9.77. The summed E-state index contributed by atoms with van der Waals surface area (Å²) in [5, 5.41) is -0.0262. The number of carbonyl (C=O) groups excluding carboxylic acids is 2. The highest BCUT2D eigenvalue weighted by atomic mass is 35.5. The van der Waals surface area contributed by atoms with Crippen molar-refractivity contribution in [3.8, 4) is 0 Å². The van der Waals surface area contributed by atoms with E-state index in [1.54, 1.807) is 21.9 Å². The molecule has 0 bridgehead atoms. The average Bonchev–Trinajstić information content (AvgIpc) is 2.79. The molecule has 1 saturated heterocycles. The van der Waals surface area contributed by atoms with Crippen molar-refractivity contribution in [2.45, 2.75) is 11.3 Å². The minimum absolute atomic E-state index is 0.0262. The molecule has 32 heavy (non-hydrogen) atoms. The van der Waals surface area contributed by atoms with Crippen molar-refractivity contribution >= 4 is 33.4 Å². The average molecular weight is 484 g/mol. The van der Waals surface area contributed by atoms with Gasteiger partial charge in [0.2, 0.25) is 5.91 Å². The molecular formula is C21H23ClFN3O5S. The van der Waals surface area contributed by atoms with Crippen LogP contribution in [0, 0.1) is 5.82 Å². The van der Waals surface area contributed by atoms with Crippen molar-refractivity contribution < 1.29 is 27.2 Å². The van der Waals surface area contributed by atoms with E-state index >= 15 is 0 Å². The lowest BCUT2D eigenvalue weighted by Crippen LogP contribution is -2.51. The van der Waals surface area contributed by atoms with Crippen molar-refractivity contribution in [3.63, 3.8) is 0 Å². The Morgan fingerprint density at radius 3 is 2.25 bits per heavy atom. The van der Waals surface area contributed by atoms with E-state index in [1.807, 2.05) is 0 Å². The highest BCUT2D eigenvalue weighted by molar-refractivity contribution is 7.89. The summed E-state index contributed by atoms with van der Waals surface area (Å²) < 4.78 is 38.8. The summed E-state index contributed by atoms with van der Waals surface area (Å²) in [7, 11) is -1.60. The van der Waals surface area contributed by atoms with Crippen LogP contribution in [0.25, 0.3) is 0 Å². The van der Waals surface area contributed by atoms with Gasteiger partial charge >= 0.3 is 0 Å². The number of benzene rings is 2. The van der Waals surface area contributed by atoms with Gasteiger partial charge in [0.15, 0.2) is 0 Å². The fraction of sp³-hybridized carbons (Fsp3) is 0.333. The second kappa shape index (κ2) is 9.95. The van der Waals surface area contributed by atoms with Gasteiger partial charge in [0.1, 0.15) is 10.7 Å². The van der Waals surface area contributed by atoms with E-state index < -0.39 is 10.0 Å². The van der Waals surface area contributed by atoms with Gasteiger partial charge in [0.25, 0.3) is 15.9 Å². The Morgan fingerprint density at radius 1 is 1.06 bits per heavy atom. The topological polar surface area (TPSA) is 87.2 Å². The van der Waals surface area contributed by atoms with Crippen LogP contribution < -0.4 is 0 Å². The zero-order valence-corrected chi connectivity index (χ0v) is 19.2. The predicted octanol–water partition coefficient (Wildman–Crippen LogP) is 2.19. The van der Waals surface area contributed by atoms with Gasteiger partial charge in [0.05, 0.1) is 18.6 Å². The Bertz CT molecular complexity index is 1100. The van der Waals surface area contributed by atoms with Crippen LogP contribution in [-0.2, 0) is 26.1 Å². The number of piperazine rings is 1. The molecule has 3 rings (SSSR count). The Morgan fingerprint density at radius 2 is 1.66 bits per heavy atom. The molecule has 1 aliphatic rings. The van der Waals surface area contributed by atoms with Crippen LogP contribution in [0.4, 0.5) is 4.39 Å². The van der Waals surface area contributed by atoms with Gasteiger partial charge in [0, 0.05) is 38.8 Å². The third-order valence-corrected chi connectivity index (χ3v) is 7.40. The summed E-state index contributed by atoms with van der Waals surface area (Å²) in [6, 6.07) is 9.80. The minimum Gasteiger partial charge on any atom is -0.339 e. The molecule has 1 aliphatic heterocycles. The molecule has 172 valence electrons. The number of carbonyl (C=O) groups is 2. The normalized spacial score (nSPS) is 14.7. The standard InChI is InChI=1S/C21H23ClFN3O5S/c1-24(31-2)32(29,30)19-14-16(5-8-18(19)22)21(28)26-11-9-25(10-12-26)20(27)13-15-3-6-17(23)7-4-15/h3-8,14H,9-13H2,1-2H3. The van der Waals surface area contributed by atoms with E-state index in [0.29, 0.717) is 36.2 Å². The number of halogens is 2. The lowest BCUT2D eigenvalue weighted by atomic mass is 10.1. The molecule has 0 aromatic heterocycles. The van der Waals surface area contributed by atoms with Gasteiger partial charge < -0.3 is 9.80 Å². The maximum absolute atomic E-state index is 13.0. The van der Waals surface area contributed by atoms with Crippen molar-refractivity contribution in [1.29, 1.82) is 0 Å². The zero-order chi connectivity index (χ0) is 23.5. The first-order valence-corrected chi connectivity index (χ1v) is 11.6. The van der Waals surface area contributed by atoms with Crippen molar-refractivity contribution in [2.75, 3.05) is 40.3 Å². The molecule has 2 aromatic rings. The van der Waals surface area contributed by atoms with Gasteiger partial charge in [-0.2, -0.15) is 0 Å². The maximum Gasteiger partial charge on any atom is 0.266 e. The van der Waals surface area contributed by atoms with Crippen molar-refractivity contribution in [2.24, 2.45) is 0 Å². The van der Waals surface area contributed by atoms with Crippen molar-refractivity contribution in [3.05, 3.63) is 64.4 Å². The van der Waals surface area contributed by atoms with E-state index in [2.05, 4.69) is 0 Å². The van der Waals surface area contributed by atoms with Crippen LogP contribution in [-0.4, -0.2) is 74.8 Å². The van der Waals surface area contributed by atoms with E-state index in [0.717, 1.165) is 0 Å². The molecule has 8 nitrogen and oxygen atoms in total. The van der Waals surface area contributed by atoms with Crippen LogP contribution in [0.5, 0.6) is 0 Å². The van der Waals surface area contributed by atoms with Crippen LogP contribution in [0.15, 0.2) is 47.4 Å². The number of nitrogens with zero attached hydrogens (tertiary/aromatic N) is 3. The molecule has 0 atom stereocenters. The molecule has 1 fully saturated rings. The largest absolute Gasteiger partial charge is 0.339 e. The molecular weight excluding hydrogens is 461 g/mol. The first-order chi connectivity index (χ1) is 15.1. The summed E-state index contributed by atoms with van der Waals surface area (Å²) >= 11 is 6.05. The smallest absolute Gasteiger partial charge is 0.266 e. The van der Waals surface area contributed by atoms with Gasteiger partial charge in [-0.1, -0.05) is 28.2 Å². The highest BCUT2D eigenvalue weighted by Gasteiger charge is 2.28. The monoisotopic (exact) mass is 483 g/mol. The van der Waals surface area contributed by atoms with Crippen LogP contribution >= 0.6 is 11.6 Å². The van der Waals surface area contributed by atoms with Crippen LogP contribution in [0.1, 0.15) is 15.9 Å². The first kappa shape index (κ1) is 24.1. The number of hydrogen-bond acceptors (Lipinski definition) is 5. The highest BCUT2D eigenvalue weighted by Crippen LogP contribution is 2.26. The molecule has 2 amide bonds. The van der Waals surface area contributed by atoms with Gasteiger partial charge in [-0.05, 0) is 35.9 Å². The Balaban J connectivity index is 1.66. The fourth-order valence-corrected chi connectivity index (χ4v) is 4.77. The Hall–Kier alpha value is -2.53. The number of amides is 2. The second-order valence-electron chi connectivity index (χ2n) is 7.22. The third kappa shape index (κ3) is 5.26. The summed E-state index contributed by atoms with van der Waals surface area (Å²) in [5.41, 5.74) is 0.884. The maximum atomic E-state index is 13.0. The van der Waals surface area contributed by atoms with Gasteiger partial charge in [-0.15, -0.1) is 0 Å². The lowest BCUT2D eigenvalue weighted by Gasteiger charge is -2.35. The number of hydrogen-bond donors (Lipinski definition) is 0. The molecule has 0 radical (unpaired) electrons. The quantitative estimate of drug-likeness (QED) is 0.588. The number of hydroxylamine groups is 1. The van der Waals surface area contributed by atoms with Gasteiger partial charge in [-0.25, -0.2) is 12.8 Å². The number of sulfonamides is 1. The second-order valence-corrected chi connectivity index (χ2v) is 9.53. The predicted molar refractivity (Wildman–Crippen MR) is 116 cm³/mol. The van der Waals surface area contributed by atoms with E-state index in [-0.39, 0.29) is 39.5 Å². The summed E-state index contributed by atoms with van der Waals surface area (Å²) in [6.45, 7) is 1.29. The van der Waals surface area contributed by atoms with E-state index in [4.69, 9.17) is 16.4 Å². The zero-order valence-electron chi connectivity index (χ0n) is 17.6. The minimum atomic E-state index is -4.03. The molecule has 1 heterocycles. The summed E-state index contributed by atoms with van der Waals surface area (Å²) in [5.74, 6) is -0.824. The van der Waals surface area contributed by atoms with E-state index in [1.165, 1.54) is 44.5 Å². The van der Waals surface area contributed by atoms with Crippen LogP contribution in [0.3, 0.4) is 0 Å². The molecule has 2 aromatic carbocycles. The lowest BCUT2D eigenvalue weighted by molar-refractivity contribution is -0.131.